The molecule has 0 unspecified atom stereocenters. The first kappa shape index (κ1) is 15.9. The van der Waals surface area contributed by atoms with Gasteiger partial charge in [-0.1, -0.05) is 42.5 Å². The molecule has 4 nitrogen and oxygen atoms in total. The fourth-order valence-corrected chi connectivity index (χ4v) is 2.69. The van der Waals surface area contributed by atoms with E-state index in [2.05, 4.69) is 0 Å². The molecule has 1 saturated heterocycles. The molecule has 5 heteroatoms. The predicted octanol–water partition coefficient (Wildman–Crippen LogP) is 3.70. The summed E-state index contributed by atoms with van der Waals surface area (Å²) in [5, 5.41) is 0. The largest absolute Gasteiger partial charge is 0.332 e. The lowest BCUT2D eigenvalue weighted by Crippen LogP contribution is -2.33. The van der Waals surface area contributed by atoms with Gasteiger partial charge in [0.2, 0.25) is 0 Å². The van der Waals surface area contributed by atoms with Crippen molar-refractivity contribution in [1.82, 2.24) is 4.90 Å². The molecule has 0 spiro atoms. The normalized spacial score (nSPS) is 18.0. The van der Waals surface area contributed by atoms with Crippen LogP contribution in [0.4, 0.5) is 14.9 Å². The number of anilines is 1. The molecule has 3 rings (SSSR count). The fourth-order valence-electron chi connectivity index (χ4n) is 2.69. The predicted molar refractivity (Wildman–Crippen MR) is 90.9 cm³/mol. The molecule has 0 aliphatic carbocycles. The minimum atomic E-state index is -0.604. The van der Waals surface area contributed by atoms with E-state index in [1.165, 1.54) is 34.1 Å². The maximum absolute atomic E-state index is 13.1. The summed E-state index contributed by atoms with van der Waals surface area (Å²) in [6, 6.07) is 14.2. The molecule has 24 heavy (non-hydrogen) atoms. The topological polar surface area (TPSA) is 40.6 Å². The Morgan fingerprint density at radius 2 is 1.71 bits per heavy atom. The second-order valence-corrected chi connectivity index (χ2v) is 5.57. The number of carbonyl (C=O) groups is 2. The Morgan fingerprint density at radius 1 is 1.04 bits per heavy atom. The number of rotatable bonds is 4. The molecular weight excluding hydrogens is 307 g/mol. The van der Waals surface area contributed by atoms with Gasteiger partial charge in [-0.2, -0.15) is 0 Å². The van der Waals surface area contributed by atoms with Gasteiger partial charge < -0.3 is 0 Å². The smallest absolute Gasteiger partial charge is 0.282 e. The van der Waals surface area contributed by atoms with Gasteiger partial charge in [0.25, 0.3) is 5.91 Å². The minimum Gasteiger partial charge on any atom is -0.282 e. The molecule has 0 radical (unpaired) electrons. The van der Waals surface area contributed by atoms with Crippen LogP contribution in [-0.4, -0.2) is 29.4 Å². The molecule has 0 saturated carbocycles. The van der Waals surface area contributed by atoms with Gasteiger partial charge in [0, 0.05) is 12.2 Å². The minimum absolute atomic E-state index is 0.203. The van der Waals surface area contributed by atoms with Crippen molar-refractivity contribution in [2.24, 2.45) is 0 Å². The summed E-state index contributed by atoms with van der Waals surface area (Å²) in [4.78, 5) is 27.5. The monoisotopic (exact) mass is 324 g/mol. The molecular formula is C19H17FN2O2. The lowest BCUT2D eigenvalue weighted by atomic mass is 10.2. The van der Waals surface area contributed by atoms with Crippen LogP contribution in [0, 0.1) is 5.82 Å². The van der Waals surface area contributed by atoms with Gasteiger partial charge >= 0.3 is 6.03 Å². The standard InChI is InChI=1S/C19H17FN2O2/c1-14-18(23)21(13-5-8-15-6-3-2-4-7-15)19(24)22(14)17-11-9-16(20)10-12-17/h2-12,14H,13H2,1H3/b8-5-/t14-/m1/s1. The van der Waals surface area contributed by atoms with E-state index in [4.69, 9.17) is 0 Å². The van der Waals surface area contributed by atoms with E-state index in [-0.39, 0.29) is 18.3 Å². The van der Waals surface area contributed by atoms with E-state index in [9.17, 15) is 14.0 Å². The van der Waals surface area contributed by atoms with Gasteiger partial charge in [0.05, 0.1) is 0 Å². The first-order valence-electron chi connectivity index (χ1n) is 7.69. The van der Waals surface area contributed by atoms with E-state index in [1.54, 1.807) is 13.0 Å². The molecule has 1 atom stereocenters. The van der Waals surface area contributed by atoms with Crippen LogP contribution < -0.4 is 4.90 Å². The third-order valence-corrected chi connectivity index (χ3v) is 3.95. The van der Waals surface area contributed by atoms with E-state index < -0.39 is 12.1 Å². The van der Waals surface area contributed by atoms with Crippen molar-refractivity contribution in [1.29, 1.82) is 0 Å². The van der Waals surface area contributed by atoms with Crippen LogP contribution in [0.25, 0.3) is 6.08 Å². The Morgan fingerprint density at radius 3 is 2.38 bits per heavy atom. The van der Waals surface area contributed by atoms with Crippen molar-refractivity contribution in [3.05, 3.63) is 72.1 Å². The van der Waals surface area contributed by atoms with Crippen LogP contribution in [0.3, 0.4) is 0 Å². The summed E-state index contributed by atoms with van der Waals surface area (Å²) in [6.07, 6.45) is 3.65. The van der Waals surface area contributed by atoms with Gasteiger partial charge in [-0.3, -0.25) is 14.6 Å². The molecule has 2 aromatic rings. The second kappa shape index (κ2) is 6.66. The van der Waals surface area contributed by atoms with Gasteiger partial charge in [0.1, 0.15) is 11.9 Å². The van der Waals surface area contributed by atoms with Crippen molar-refractivity contribution >= 4 is 23.7 Å². The Bertz CT molecular complexity index is 772. The van der Waals surface area contributed by atoms with Crippen LogP contribution >= 0.6 is 0 Å². The highest BCUT2D eigenvalue weighted by Gasteiger charge is 2.42. The highest BCUT2D eigenvalue weighted by molar-refractivity contribution is 6.14. The molecule has 1 fully saturated rings. The Balaban J connectivity index is 1.75. The second-order valence-electron chi connectivity index (χ2n) is 5.57. The molecule has 0 aromatic heterocycles. The molecule has 1 aliphatic heterocycles. The average molecular weight is 324 g/mol. The molecule has 0 bridgehead atoms. The Labute approximate surface area is 139 Å². The lowest BCUT2D eigenvalue weighted by Gasteiger charge is -2.19. The molecule has 2 aromatic carbocycles. The molecule has 122 valence electrons. The fraction of sp³-hybridized carbons (Fsp3) is 0.158. The summed E-state index contributed by atoms with van der Waals surface area (Å²) in [5.74, 6) is -0.644. The number of urea groups is 1. The summed E-state index contributed by atoms with van der Waals surface area (Å²) in [6.45, 7) is 1.87. The number of halogens is 1. The number of amides is 3. The summed E-state index contributed by atoms with van der Waals surface area (Å²) in [5.41, 5.74) is 1.51. The zero-order chi connectivity index (χ0) is 17.1. The van der Waals surface area contributed by atoms with E-state index in [1.807, 2.05) is 36.4 Å². The van der Waals surface area contributed by atoms with Crippen LogP contribution in [0.15, 0.2) is 60.7 Å². The summed E-state index contributed by atoms with van der Waals surface area (Å²) < 4.78 is 13.1. The van der Waals surface area contributed by atoms with Crippen molar-refractivity contribution in [3.63, 3.8) is 0 Å². The molecule has 1 heterocycles. The number of hydrogen-bond donors (Lipinski definition) is 0. The number of nitrogens with zero attached hydrogens (tertiary/aromatic N) is 2. The lowest BCUT2D eigenvalue weighted by molar-refractivity contribution is -0.126. The quantitative estimate of drug-likeness (QED) is 0.805. The van der Waals surface area contributed by atoms with Crippen LogP contribution in [-0.2, 0) is 4.79 Å². The number of benzene rings is 2. The number of hydrogen-bond acceptors (Lipinski definition) is 2. The van der Waals surface area contributed by atoms with E-state index >= 15 is 0 Å². The highest BCUT2D eigenvalue weighted by Crippen LogP contribution is 2.25. The maximum atomic E-state index is 13.1. The van der Waals surface area contributed by atoms with Gasteiger partial charge in [0.15, 0.2) is 0 Å². The molecule has 3 amide bonds. The van der Waals surface area contributed by atoms with E-state index in [0.29, 0.717) is 5.69 Å². The van der Waals surface area contributed by atoms with Crippen molar-refractivity contribution in [2.75, 3.05) is 11.4 Å². The highest BCUT2D eigenvalue weighted by atomic mass is 19.1. The zero-order valence-electron chi connectivity index (χ0n) is 13.2. The van der Waals surface area contributed by atoms with Crippen molar-refractivity contribution in [2.45, 2.75) is 13.0 Å². The third kappa shape index (κ3) is 3.06. The van der Waals surface area contributed by atoms with Gasteiger partial charge in [-0.15, -0.1) is 0 Å². The third-order valence-electron chi connectivity index (χ3n) is 3.95. The number of imide groups is 1. The van der Waals surface area contributed by atoms with Crippen LogP contribution in [0.5, 0.6) is 0 Å². The zero-order valence-corrected chi connectivity index (χ0v) is 13.2. The number of carbonyl (C=O) groups excluding carboxylic acids is 2. The van der Waals surface area contributed by atoms with Crippen molar-refractivity contribution in [3.8, 4) is 0 Å². The first-order chi connectivity index (χ1) is 11.6. The summed E-state index contributed by atoms with van der Waals surface area (Å²) >= 11 is 0. The summed E-state index contributed by atoms with van der Waals surface area (Å²) in [7, 11) is 0. The average Bonchev–Trinajstić information content (AvgIpc) is 2.80. The Kier molecular flexibility index (Phi) is 4.42. The van der Waals surface area contributed by atoms with E-state index in [0.717, 1.165) is 5.56 Å². The SMILES string of the molecule is C[C@@H]1C(=O)N(C/C=C\c2ccccc2)C(=O)N1c1ccc(F)cc1. The van der Waals surface area contributed by atoms with Crippen LogP contribution in [0.1, 0.15) is 12.5 Å². The molecule has 0 N–H and O–H groups in total. The first-order valence-corrected chi connectivity index (χ1v) is 7.69. The molecule has 1 aliphatic rings. The maximum Gasteiger partial charge on any atom is 0.332 e. The van der Waals surface area contributed by atoms with Gasteiger partial charge in [-0.25, -0.2) is 9.18 Å². The van der Waals surface area contributed by atoms with Crippen molar-refractivity contribution < 1.29 is 14.0 Å². The van der Waals surface area contributed by atoms with Gasteiger partial charge in [-0.05, 0) is 36.8 Å². The van der Waals surface area contributed by atoms with Crippen LogP contribution in [0.2, 0.25) is 0 Å². The Hall–Kier alpha value is -2.95.